The molecule has 0 saturated carbocycles. The lowest BCUT2D eigenvalue weighted by atomic mass is 10.3. The van der Waals surface area contributed by atoms with E-state index in [1.54, 1.807) is 22.9 Å². The van der Waals surface area contributed by atoms with E-state index in [-0.39, 0.29) is 12.5 Å². The molecule has 1 aromatic heterocycles. The number of nitrogen functional groups attached to an aromatic ring is 1. The summed E-state index contributed by atoms with van der Waals surface area (Å²) in [5.41, 5.74) is 6.30. The number of hydrogen-bond acceptors (Lipinski definition) is 4. The Hall–Kier alpha value is -1.49. The summed E-state index contributed by atoms with van der Waals surface area (Å²) < 4.78 is 0. The van der Waals surface area contributed by atoms with Crippen LogP contribution in [0, 0.1) is 0 Å². The van der Waals surface area contributed by atoms with Gasteiger partial charge in [0.05, 0.1) is 17.3 Å². The predicted octanol–water partition coefficient (Wildman–Crippen LogP) is 1.62. The van der Waals surface area contributed by atoms with E-state index in [0.29, 0.717) is 29.6 Å². The molecule has 100 valence electrons. The van der Waals surface area contributed by atoms with E-state index < -0.39 is 0 Å². The van der Waals surface area contributed by atoms with E-state index in [2.05, 4.69) is 4.98 Å². The van der Waals surface area contributed by atoms with Crippen LogP contribution in [0.1, 0.15) is 13.8 Å². The van der Waals surface area contributed by atoms with E-state index in [4.69, 9.17) is 17.3 Å². The molecule has 0 aromatic carbocycles. The summed E-state index contributed by atoms with van der Waals surface area (Å²) in [6.45, 7) is 5.56. The van der Waals surface area contributed by atoms with Crippen LogP contribution < -0.4 is 10.6 Å². The highest BCUT2D eigenvalue weighted by Gasteiger charge is 2.15. The molecular weight excluding hydrogens is 252 g/mol. The van der Waals surface area contributed by atoms with Crippen molar-refractivity contribution in [2.24, 2.45) is 0 Å². The first-order chi connectivity index (χ1) is 8.49. The average molecular weight is 271 g/mol. The van der Waals surface area contributed by atoms with Crippen molar-refractivity contribution in [2.45, 2.75) is 13.8 Å². The highest BCUT2D eigenvalue weighted by molar-refractivity contribution is 6.30. The molecule has 0 atom stereocenters. The molecule has 0 aliphatic rings. The van der Waals surface area contributed by atoms with Crippen LogP contribution in [-0.2, 0) is 4.79 Å². The molecule has 1 rings (SSSR count). The first-order valence-corrected chi connectivity index (χ1v) is 6.27. The molecule has 6 heteroatoms. The second-order valence-corrected chi connectivity index (χ2v) is 4.42. The van der Waals surface area contributed by atoms with Crippen LogP contribution in [0.25, 0.3) is 0 Å². The van der Waals surface area contributed by atoms with Gasteiger partial charge >= 0.3 is 0 Å². The number of aromatic nitrogens is 1. The second kappa shape index (κ2) is 6.44. The minimum Gasteiger partial charge on any atom is -0.396 e. The number of carbonyl (C=O) groups is 1. The summed E-state index contributed by atoms with van der Waals surface area (Å²) in [7, 11) is 1.79. The van der Waals surface area contributed by atoms with Crippen molar-refractivity contribution in [3.05, 3.63) is 17.3 Å². The topological polar surface area (TPSA) is 62.5 Å². The standard InChI is InChI=1S/C12H19ClN4O/c1-4-17(5-2)11(18)8-16(3)12-10(14)6-9(13)7-15-12/h6-7H,4-5,8,14H2,1-3H3. The van der Waals surface area contributed by atoms with Gasteiger partial charge in [0.25, 0.3) is 0 Å². The minimum absolute atomic E-state index is 0.0543. The summed E-state index contributed by atoms with van der Waals surface area (Å²) >= 11 is 5.79. The Kier molecular flexibility index (Phi) is 5.22. The lowest BCUT2D eigenvalue weighted by Crippen LogP contribution is -2.39. The van der Waals surface area contributed by atoms with Crippen LogP contribution >= 0.6 is 11.6 Å². The first-order valence-electron chi connectivity index (χ1n) is 5.89. The monoisotopic (exact) mass is 270 g/mol. The zero-order valence-corrected chi connectivity index (χ0v) is 11.7. The Bertz CT molecular complexity index is 421. The van der Waals surface area contributed by atoms with Crippen molar-refractivity contribution in [3.63, 3.8) is 0 Å². The summed E-state index contributed by atoms with van der Waals surface area (Å²) in [6, 6.07) is 1.63. The Labute approximate surface area is 113 Å². The van der Waals surface area contributed by atoms with Crippen LogP contribution in [0.4, 0.5) is 11.5 Å². The SMILES string of the molecule is CCN(CC)C(=O)CN(C)c1ncc(Cl)cc1N. The number of carbonyl (C=O) groups excluding carboxylic acids is 1. The number of likely N-dealkylation sites (N-methyl/N-ethyl adjacent to an activating group) is 2. The van der Waals surface area contributed by atoms with Gasteiger partial charge < -0.3 is 15.5 Å². The fourth-order valence-electron chi connectivity index (χ4n) is 1.72. The van der Waals surface area contributed by atoms with E-state index in [1.165, 1.54) is 6.20 Å². The Balaban J connectivity index is 2.76. The highest BCUT2D eigenvalue weighted by atomic mass is 35.5. The second-order valence-electron chi connectivity index (χ2n) is 3.99. The molecule has 1 heterocycles. The van der Waals surface area contributed by atoms with Crippen LogP contribution in [0.5, 0.6) is 0 Å². The smallest absolute Gasteiger partial charge is 0.242 e. The molecule has 5 nitrogen and oxygen atoms in total. The summed E-state index contributed by atoms with van der Waals surface area (Å²) in [6.07, 6.45) is 1.52. The molecule has 0 fully saturated rings. The minimum atomic E-state index is 0.0543. The zero-order valence-electron chi connectivity index (χ0n) is 11.0. The van der Waals surface area contributed by atoms with Gasteiger partial charge in [-0.3, -0.25) is 4.79 Å². The van der Waals surface area contributed by atoms with Gasteiger partial charge in [-0.25, -0.2) is 4.98 Å². The number of halogens is 1. The highest BCUT2D eigenvalue weighted by Crippen LogP contribution is 2.22. The average Bonchev–Trinajstić information content (AvgIpc) is 2.30. The largest absolute Gasteiger partial charge is 0.396 e. The lowest BCUT2D eigenvalue weighted by Gasteiger charge is -2.24. The molecule has 0 aliphatic heterocycles. The Morgan fingerprint density at radius 3 is 2.56 bits per heavy atom. The molecule has 0 saturated heterocycles. The third-order valence-corrected chi connectivity index (χ3v) is 2.92. The van der Waals surface area contributed by atoms with Crippen molar-refractivity contribution in [1.29, 1.82) is 0 Å². The van der Waals surface area contributed by atoms with Gasteiger partial charge in [0.1, 0.15) is 0 Å². The number of rotatable bonds is 5. The molecule has 0 spiro atoms. The van der Waals surface area contributed by atoms with E-state index in [0.717, 1.165) is 0 Å². The molecule has 1 amide bonds. The van der Waals surface area contributed by atoms with E-state index in [9.17, 15) is 4.79 Å². The molecule has 2 N–H and O–H groups in total. The third-order valence-electron chi connectivity index (χ3n) is 2.71. The van der Waals surface area contributed by atoms with Crippen LogP contribution in [0.2, 0.25) is 5.02 Å². The van der Waals surface area contributed by atoms with E-state index >= 15 is 0 Å². The van der Waals surface area contributed by atoms with Crippen LogP contribution in [-0.4, -0.2) is 42.5 Å². The fraction of sp³-hybridized carbons (Fsp3) is 0.500. The number of hydrogen-bond donors (Lipinski definition) is 1. The maximum absolute atomic E-state index is 12.0. The zero-order chi connectivity index (χ0) is 13.7. The molecule has 18 heavy (non-hydrogen) atoms. The first kappa shape index (κ1) is 14.6. The van der Waals surface area contributed by atoms with Gasteiger partial charge in [0.2, 0.25) is 5.91 Å². The maximum Gasteiger partial charge on any atom is 0.242 e. The predicted molar refractivity (Wildman–Crippen MR) is 74.9 cm³/mol. The third kappa shape index (κ3) is 3.50. The molecule has 1 aromatic rings. The molecular formula is C12H19ClN4O. The van der Waals surface area contributed by atoms with Crippen LogP contribution in [0.3, 0.4) is 0 Å². The molecule has 0 radical (unpaired) electrons. The summed E-state index contributed by atoms with van der Waals surface area (Å²) in [5, 5.41) is 0.486. The quantitative estimate of drug-likeness (QED) is 0.883. The Morgan fingerprint density at radius 2 is 2.06 bits per heavy atom. The van der Waals surface area contributed by atoms with Gasteiger partial charge in [-0.15, -0.1) is 0 Å². The number of anilines is 2. The van der Waals surface area contributed by atoms with Crippen LogP contribution in [0.15, 0.2) is 12.3 Å². The molecule has 0 bridgehead atoms. The number of pyridine rings is 1. The fourth-order valence-corrected chi connectivity index (χ4v) is 1.89. The van der Waals surface area contributed by atoms with Crippen molar-refractivity contribution < 1.29 is 4.79 Å². The van der Waals surface area contributed by atoms with Crippen molar-refractivity contribution in [1.82, 2.24) is 9.88 Å². The number of amides is 1. The Morgan fingerprint density at radius 1 is 1.44 bits per heavy atom. The number of nitrogens with zero attached hydrogens (tertiary/aromatic N) is 3. The van der Waals surface area contributed by atoms with Crippen molar-refractivity contribution >= 4 is 29.0 Å². The van der Waals surface area contributed by atoms with Gasteiger partial charge in [0.15, 0.2) is 5.82 Å². The lowest BCUT2D eigenvalue weighted by molar-refractivity contribution is -0.129. The molecule has 0 aliphatic carbocycles. The van der Waals surface area contributed by atoms with Gasteiger partial charge in [-0.1, -0.05) is 11.6 Å². The van der Waals surface area contributed by atoms with Gasteiger partial charge in [-0.05, 0) is 19.9 Å². The number of nitrogens with two attached hydrogens (primary N) is 1. The van der Waals surface area contributed by atoms with E-state index in [1.807, 2.05) is 13.8 Å². The van der Waals surface area contributed by atoms with Crippen molar-refractivity contribution in [3.8, 4) is 0 Å². The molecule has 0 unspecified atom stereocenters. The van der Waals surface area contributed by atoms with Crippen molar-refractivity contribution in [2.75, 3.05) is 37.3 Å². The maximum atomic E-state index is 12.0. The summed E-state index contributed by atoms with van der Waals surface area (Å²) in [5.74, 6) is 0.624. The van der Waals surface area contributed by atoms with Gasteiger partial charge in [-0.2, -0.15) is 0 Å². The normalized spacial score (nSPS) is 10.2. The summed E-state index contributed by atoms with van der Waals surface area (Å²) in [4.78, 5) is 19.6. The van der Waals surface area contributed by atoms with Gasteiger partial charge in [0, 0.05) is 26.3 Å².